The topological polar surface area (TPSA) is 106 Å². The Hall–Kier alpha value is -4.85. The minimum atomic E-state index is -0.297. The minimum Gasteiger partial charge on any atom is -0.437 e. The molecule has 0 fully saturated rings. The summed E-state index contributed by atoms with van der Waals surface area (Å²) in [5.74, 6) is 0.553. The average molecular weight is 434 g/mol. The van der Waals surface area contributed by atoms with Crippen LogP contribution in [0.2, 0.25) is 0 Å². The molecule has 4 aromatic heterocycles. The van der Waals surface area contributed by atoms with Gasteiger partial charge in [0.05, 0.1) is 11.9 Å². The Balaban J connectivity index is 1.42. The first-order valence-corrected chi connectivity index (χ1v) is 10.1. The van der Waals surface area contributed by atoms with E-state index in [1.807, 2.05) is 30.5 Å². The number of benzene rings is 1. The van der Waals surface area contributed by atoms with Crippen LogP contribution in [0.4, 0.5) is 5.69 Å². The fourth-order valence-electron chi connectivity index (χ4n) is 3.34. The highest BCUT2D eigenvalue weighted by atomic mass is 16.5. The average Bonchev–Trinajstić information content (AvgIpc) is 3.28. The molecule has 2 N–H and O–H groups in total. The summed E-state index contributed by atoms with van der Waals surface area (Å²) in [6.45, 7) is 3.45. The van der Waals surface area contributed by atoms with E-state index in [0.717, 1.165) is 22.4 Å². The van der Waals surface area contributed by atoms with Crippen molar-refractivity contribution in [2.24, 2.45) is 0 Å². The smallest absolute Gasteiger partial charge is 0.247 e. The summed E-state index contributed by atoms with van der Waals surface area (Å²) < 4.78 is 5.89. The predicted molar refractivity (Wildman–Crippen MR) is 126 cm³/mol. The maximum Gasteiger partial charge on any atom is 0.247 e. The van der Waals surface area contributed by atoms with Crippen LogP contribution >= 0.6 is 0 Å². The molecule has 8 nitrogen and oxygen atoms in total. The standard InChI is InChI=1S/C25H18N6O2/c1-2-22(32)30-18-4-3-5-19(12-18)33-23-15-29-25-24(31-23)20(14-28-25)17-6-7-21(27-13-17)16-8-10-26-11-9-16/h2-15H,1H2,(H,28,29)(H,30,32). The van der Waals surface area contributed by atoms with E-state index in [2.05, 4.69) is 36.8 Å². The molecule has 0 unspecified atom stereocenters. The van der Waals surface area contributed by atoms with Gasteiger partial charge in [0.1, 0.15) is 11.3 Å². The number of amides is 1. The van der Waals surface area contributed by atoms with Crippen molar-refractivity contribution in [2.45, 2.75) is 0 Å². The number of carbonyl (C=O) groups excluding carboxylic acids is 1. The lowest BCUT2D eigenvalue weighted by atomic mass is 10.1. The van der Waals surface area contributed by atoms with Crippen molar-refractivity contribution in [1.29, 1.82) is 0 Å². The summed E-state index contributed by atoms with van der Waals surface area (Å²) in [6, 6.07) is 14.8. The van der Waals surface area contributed by atoms with E-state index in [0.29, 0.717) is 28.5 Å². The molecule has 33 heavy (non-hydrogen) atoms. The van der Waals surface area contributed by atoms with Gasteiger partial charge in [-0.1, -0.05) is 18.7 Å². The highest BCUT2D eigenvalue weighted by molar-refractivity contribution is 5.99. The van der Waals surface area contributed by atoms with Crippen LogP contribution in [0.25, 0.3) is 33.5 Å². The molecule has 0 aliphatic carbocycles. The van der Waals surface area contributed by atoms with Gasteiger partial charge < -0.3 is 15.0 Å². The molecule has 0 atom stereocenters. The van der Waals surface area contributed by atoms with E-state index < -0.39 is 0 Å². The lowest BCUT2D eigenvalue weighted by molar-refractivity contribution is -0.111. The Morgan fingerprint density at radius 3 is 2.70 bits per heavy atom. The van der Waals surface area contributed by atoms with Gasteiger partial charge in [0.15, 0.2) is 5.65 Å². The van der Waals surface area contributed by atoms with E-state index in [-0.39, 0.29) is 5.91 Å². The Kier molecular flexibility index (Phi) is 5.30. The third-order valence-corrected chi connectivity index (χ3v) is 4.92. The number of nitrogens with zero attached hydrogens (tertiary/aromatic N) is 4. The fourth-order valence-corrected chi connectivity index (χ4v) is 3.34. The van der Waals surface area contributed by atoms with Crippen molar-refractivity contribution in [2.75, 3.05) is 5.32 Å². The third-order valence-electron chi connectivity index (χ3n) is 4.92. The molecule has 0 bridgehead atoms. The number of hydrogen-bond donors (Lipinski definition) is 2. The molecule has 1 aromatic carbocycles. The highest BCUT2D eigenvalue weighted by Crippen LogP contribution is 2.30. The summed E-state index contributed by atoms with van der Waals surface area (Å²) >= 11 is 0. The molecule has 0 radical (unpaired) electrons. The first kappa shape index (κ1) is 20.1. The van der Waals surface area contributed by atoms with Crippen molar-refractivity contribution >= 4 is 22.8 Å². The predicted octanol–water partition coefficient (Wildman–Crippen LogP) is 5.00. The van der Waals surface area contributed by atoms with Gasteiger partial charge in [0.2, 0.25) is 11.8 Å². The normalized spacial score (nSPS) is 10.7. The number of rotatable bonds is 6. The molecule has 1 amide bonds. The quantitative estimate of drug-likeness (QED) is 0.364. The van der Waals surface area contributed by atoms with E-state index >= 15 is 0 Å². The Morgan fingerprint density at radius 2 is 1.91 bits per heavy atom. The fraction of sp³-hybridized carbons (Fsp3) is 0. The zero-order chi connectivity index (χ0) is 22.6. The summed E-state index contributed by atoms with van der Waals surface area (Å²) in [7, 11) is 0. The monoisotopic (exact) mass is 434 g/mol. The van der Waals surface area contributed by atoms with Crippen LogP contribution in [0.5, 0.6) is 11.6 Å². The molecule has 5 rings (SSSR count). The second-order valence-corrected chi connectivity index (χ2v) is 7.10. The second kappa shape index (κ2) is 8.72. The number of nitrogens with one attached hydrogen (secondary N) is 2. The van der Waals surface area contributed by atoms with Crippen LogP contribution in [0.3, 0.4) is 0 Å². The highest BCUT2D eigenvalue weighted by Gasteiger charge is 2.12. The number of anilines is 1. The molecule has 4 heterocycles. The zero-order valence-electron chi connectivity index (χ0n) is 17.4. The summed E-state index contributed by atoms with van der Waals surface area (Å²) in [5, 5.41) is 2.70. The molecule has 160 valence electrons. The Morgan fingerprint density at radius 1 is 1.03 bits per heavy atom. The van der Waals surface area contributed by atoms with Gasteiger partial charge in [-0.2, -0.15) is 0 Å². The van der Waals surface area contributed by atoms with Crippen LogP contribution in [-0.4, -0.2) is 30.8 Å². The molecule has 0 spiro atoms. The SMILES string of the molecule is C=CC(=O)Nc1cccc(Oc2cnc3[nH]cc(-c4ccc(-c5ccncc5)nc4)c3n2)c1. The third kappa shape index (κ3) is 4.31. The van der Waals surface area contributed by atoms with Gasteiger partial charge in [-0.15, -0.1) is 0 Å². The van der Waals surface area contributed by atoms with Gasteiger partial charge >= 0.3 is 0 Å². The number of aromatic amines is 1. The lowest BCUT2D eigenvalue weighted by Crippen LogP contribution is -2.07. The molecule has 0 aliphatic heterocycles. The van der Waals surface area contributed by atoms with E-state index in [1.54, 1.807) is 49.1 Å². The minimum absolute atomic E-state index is 0.297. The summed E-state index contributed by atoms with van der Waals surface area (Å²) in [5.41, 5.74) is 5.53. The Labute approximate surface area is 189 Å². The summed E-state index contributed by atoms with van der Waals surface area (Å²) in [6.07, 6.45) is 9.89. The van der Waals surface area contributed by atoms with Gasteiger partial charge in [0.25, 0.3) is 0 Å². The zero-order valence-corrected chi connectivity index (χ0v) is 17.4. The number of H-pyrrole nitrogens is 1. The van der Waals surface area contributed by atoms with Gasteiger partial charge in [-0.25, -0.2) is 9.97 Å². The molecule has 5 aromatic rings. The maximum atomic E-state index is 11.5. The number of aromatic nitrogens is 5. The number of hydrogen-bond acceptors (Lipinski definition) is 6. The number of carbonyl (C=O) groups is 1. The van der Waals surface area contributed by atoms with Crippen molar-refractivity contribution in [1.82, 2.24) is 24.9 Å². The first-order valence-electron chi connectivity index (χ1n) is 10.1. The molecular weight excluding hydrogens is 416 g/mol. The number of pyridine rings is 2. The van der Waals surface area contributed by atoms with Crippen LogP contribution in [0.15, 0.2) is 92.2 Å². The molecule has 0 saturated heterocycles. The molecular formula is C25H18N6O2. The van der Waals surface area contributed by atoms with Crippen molar-refractivity contribution in [3.05, 3.63) is 92.2 Å². The van der Waals surface area contributed by atoms with Gasteiger partial charge in [-0.05, 0) is 36.4 Å². The molecule has 0 aliphatic rings. The van der Waals surface area contributed by atoms with E-state index in [9.17, 15) is 4.79 Å². The molecule has 8 heteroatoms. The Bertz CT molecular complexity index is 1450. The number of fused-ring (bicyclic) bond motifs is 1. The lowest BCUT2D eigenvalue weighted by Gasteiger charge is -2.08. The van der Waals surface area contributed by atoms with Crippen LogP contribution in [-0.2, 0) is 4.79 Å². The van der Waals surface area contributed by atoms with Crippen LogP contribution in [0.1, 0.15) is 0 Å². The first-order chi connectivity index (χ1) is 16.2. The van der Waals surface area contributed by atoms with Gasteiger partial charge in [-0.3, -0.25) is 14.8 Å². The van der Waals surface area contributed by atoms with Crippen molar-refractivity contribution in [3.8, 4) is 34.0 Å². The number of ether oxygens (including phenoxy) is 1. The largest absolute Gasteiger partial charge is 0.437 e. The van der Waals surface area contributed by atoms with E-state index in [1.165, 1.54) is 6.08 Å². The van der Waals surface area contributed by atoms with Crippen LogP contribution < -0.4 is 10.1 Å². The summed E-state index contributed by atoms with van der Waals surface area (Å²) in [4.78, 5) is 32.4. The van der Waals surface area contributed by atoms with Crippen molar-refractivity contribution in [3.63, 3.8) is 0 Å². The molecule has 0 saturated carbocycles. The van der Waals surface area contributed by atoms with Crippen LogP contribution in [0, 0.1) is 0 Å². The maximum absolute atomic E-state index is 11.5. The second-order valence-electron chi connectivity index (χ2n) is 7.10. The van der Waals surface area contributed by atoms with Gasteiger partial charge in [0, 0.05) is 53.2 Å². The van der Waals surface area contributed by atoms with Crippen molar-refractivity contribution < 1.29 is 9.53 Å². The van der Waals surface area contributed by atoms with E-state index in [4.69, 9.17) is 4.74 Å².